The van der Waals surface area contributed by atoms with E-state index in [1.54, 1.807) is 17.5 Å². The predicted octanol–water partition coefficient (Wildman–Crippen LogP) is 2.12. The van der Waals surface area contributed by atoms with Crippen LogP contribution in [0, 0.1) is 0 Å². The number of hydrogen-bond acceptors (Lipinski definition) is 3. The molecule has 0 fully saturated rings. The molecular formula is C7H11ClN2S. The van der Waals surface area contributed by atoms with Crippen molar-refractivity contribution in [3.8, 4) is 0 Å². The molecule has 2 nitrogen and oxygen atoms in total. The van der Waals surface area contributed by atoms with Crippen LogP contribution in [0.1, 0.15) is 17.8 Å². The Labute approximate surface area is 75.6 Å². The van der Waals surface area contributed by atoms with Crippen molar-refractivity contribution in [2.24, 2.45) is 0 Å². The lowest BCUT2D eigenvalue weighted by Gasteiger charge is -2.05. The van der Waals surface area contributed by atoms with Gasteiger partial charge in [0.15, 0.2) is 0 Å². The molecule has 1 aromatic rings. The fraction of sp³-hybridized carbons (Fsp3) is 0.571. The Bertz CT molecular complexity index is 224. The minimum Gasteiger partial charge on any atom is -0.319 e. The molecular weight excluding hydrogens is 180 g/mol. The average molecular weight is 191 g/mol. The minimum atomic E-state index is 0.456. The predicted molar refractivity (Wildman–Crippen MR) is 49.5 cm³/mol. The van der Waals surface area contributed by atoms with Gasteiger partial charge in [-0.1, -0.05) is 18.5 Å². The maximum atomic E-state index is 5.74. The van der Waals surface area contributed by atoms with Crippen LogP contribution in [-0.4, -0.2) is 18.6 Å². The van der Waals surface area contributed by atoms with Crippen LogP contribution in [0.4, 0.5) is 0 Å². The molecule has 1 N–H and O–H groups in total. The summed E-state index contributed by atoms with van der Waals surface area (Å²) in [5, 5.41) is 4.20. The first-order valence-electron chi connectivity index (χ1n) is 3.50. The summed E-state index contributed by atoms with van der Waals surface area (Å²) in [5.74, 6) is 0.456. The number of nitrogens with zero attached hydrogens (tertiary/aromatic N) is 1. The Kier molecular flexibility index (Phi) is 3.30. The molecule has 1 atom stereocenters. The third-order valence-corrected chi connectivity index (χ3v) is 2.77. The van der Waals surface area contributed by atoms with E-state index in [-0.39, 0.29) is 0 Å². The van der Waals surface area contributed by atoms with Crippen LogP contribution in [0.25, 0.3) is 0 Å². The number of thiazole rings is 1. The third-order valence-electron chi connectivity index (χ3n) is 1.43. The zero-order chi connectivity index (χ0) is 8.27. The summed E-state index contributed by atoms with van der Waals surface area (Å²) in [6.07, 6.45) is 1.70. The second-order valence-electron chi connectivity index (χ2n) is 2.46. The smallest absolute Gasteiger partial charge is 0.113 e. The first-order chi connectivity index (χ1) is 5.24. The zero-order valence-corrected chi connectivity index (χ0v) is 8.17. The molecule has 1 heterocycles. The van der Waals surface area contributed by atoms with Gasteiger partial charge in [-0.25, -0.2) is 4.98 Å². The SMILES string of the molecule is CNCC(C)c1ncc(Cl)s1. The number of hydrogen-bond donors (Lipinski definition) is 1. The van der Waals surface area contributed by atoms with E-state index >= 15 is 0 Å². The molecule has 0 bridgehead atoms. The molecule has 0 saturated carbocycles. The maximum absolute atomic E-state index is 5.74. The van der Waals surface area contributed by atoms with E-state index in [0.29, 0.717) is 5.92 Å². The van der Waals surface area contributed by atoms with Gasteiger partial charge in [-0.05, 0) is 7.05 Å². The van der Waals surface area contributed by atoms with Gasteiger partial charge in [0.25, 0.3) is 0 Å². The van der Waals surface area contributed by atoms with Gasteiger partial charge in [0.2, 0.25) is 0 Å². The van der Waals surface area contributed by atoms with Crippen molar-refractivity contribution in [3.05, 3.63) is 15.5 Å². The molecule has 0 aliphatic carbocycles. The van der Waals surface area contributed by atoms with E-state index in [1.165, 1.54) is 0 Å². The van der Waals surface area contributed by atoms with Crippen LogP contribution < -0.4 is 5.32 Å². The number of aromatic nitrogens is 1. The van der Waals surface area contributed by atoms with Crippen LogP contribution in [0.15, 0.2) is 6.20 Å². The fourth-order valence-corrected chi connectivity index (χ4v) is 1.87. The number of nitrogens with one attached hydrogen (secondary N) is 1. The molecule has 0 aliphatic rings. The van der Waals surface area contributed by atoms with Crippen molar-refractivity contribution >= 4 is 22.9 Å². The van der Waals surface area contributed by atoms with Crippen molar-refractivity contribution in [3.63, 3.8) is 0 Å². The molecule has 1 aromatic heterocycles. The standard InChI is InChI=1S/C7H11ClN2S/c1-5(3-9-2)7-10-4-6(8)11-7/h4-5,9H,3H2,1-2H3. The highest BCUT2D eigenvalue weighted by Gasteiger charge is 2.07. The van der Waals surface area contributed by atoms with Crippen molar-refractivity contribution in [1.29, 1.82) is 0 Å². The first-order valence-corrected chi connectivity index (χ1v) is 4.69. The van der Waals surface area contributed by atoms with Gasteiger partial charge in [-0.15, -0.1) is 11.3 Å². The summed E-state index contributed by atoms with van der Waals surface area (Å²) < 4.78 is 0.767. The van der Waals surface area contributed by atoms with Crippen molar-refractivity contribution in [1.82, 2.24) is 10.3 Å². The monoisotopic (exact) mass is 190 g/mol. The van der Waals surface area contributed by atoms with Gasteiger partial charge < -0.3 is 5.32 Å². The molecule has 1 rings (SSSR count). The Balaban J connectivity index is 2.60. The molecule has 11 heavy (non-hydrogen) atoms. The summed E-state index contributed by atoms with van der Waals surface area (Å²) in [6.45, 7) is 3.08. The van der Waals surface area contributed by atoms with Crippen LogP contribution in [0.5, 0.6) is 0 Å². The van der Waals surface area contributed by atoms with Gasteiger partial charge in [0, 0.05) is 12.5 Å². The highest BCUT2D eigenvalue weighted by molar-refractivity contribution is 7.15. The summed E-state index contributed by atoms with van der Waals surface area (Å²) >= 11 is 7.29. The van der Waals surface area contributed by atoms with E-state index in [1.807, 2.05) is 7.05 Å². The molecule has 4 heteroatoms. The lowest BCUT2D eigenvalue weighted by atomic mass is 10.2. The Morgan fingerprint density at radius 2 is 2.55 bits per heavy atom. The highest BCUT2D eigenvalue weighted by Crippen LogP contribution is 2.24. The molecule has 0 radical (unpaired) electrons. The molecule has 1 unspecified atom stereocenters. The maximum Gasteiger partial charge on any atom is 0.113 e. The Hall–Kier alpha value is -0.120. The topological polar surface area (TPSA) is 24.9 Å². The molecule has 62 valence electrons. The van der Waals surface area contributed by atoms with Crippen LogP contribution >= 0.6 is 22.9 Å². The molecule has 0 amide bonds. The normalized spacial score (nSPS) is 13.4. The van der Waals surface area contributed by atoms with E-state index in [4.69, 9.17) is 11.6 Å². The van der Waals surface area contributed by atoms with Crippen molar-refractivity contribution < 1.29 is 0 Å². The average Bonchev–Trinajstić information content (AvgIpc) is 2.36. The lowest BCUT2D eigenvalue weighted by Crippen LogP contribution is -2.14. The summed E-state index contributed by atoms with van der Waals surface area (Å²) in [6, 6.07) is 0. The minimum absolute atomic E-state index is 0.456. The van der Waals surface area contributed by atoms with Crippen LogP contribution in [-0.2, 0) is 0 Å². The molecule has 0 saturated heterocycles. The van der Waals surface area contributed by atoms with Gasteiger partial charge in [0.05, 0.1) is 11.2 Å². The third kappa shape index (κ3) is 2.43. The quantitative estimate of drug-likeness (QED) is 0.790. The van der Waals surface area contributed by atoms with Gasteiger partial charge in [-0.3, -0.25) is 0 Å². The fourth-order valence-electron chi connectivity index (χ4n) is 0.888. The number of likely N-dealkylation sites (N-methyl/N-ethyl adjacent to an activating group) is 1. The Morgan fingerprint density at radius 1 is 1.82 bits per heavy atom. The number of rotatable bonds is 3. The van der Waals surface area contributed by atoms with Gasteiger partial charge in [-0.2, -0.15) is 0 Å². The molecule has 0 spiro atoms. The summed E-state index contributed by atoms with van der Waals surface area (Å²) in [4.78, 5) is 4.18. The van der Waals surface area contributed by atoms with Crippen molar-refractivity contribution in [2.75, 3.05) is 13.6 Å². The van der Waals surface area contributed by atoms with E-state index < -0.39 is 0 Å². The van der Waals surface area contributed by atoms with Crippen LogP contribution in [0.3, 0.4) is 0 Å². The van der Waals surface area contributed by atoms with E-state index in [0.717, 1.165) is 15.9 Å². The Morgan fingerprint density at radius 3 is 3.00 bits per heavy atom. The van der Waals surface area contributed by atoms with Crippen molar-refractivity contribution in [2.45, 2.75) is 12.8 Å². The number of halogens is 1. The van der Waals surface area contributed by atoms with Gasteiger partial charge in [0.1, 0.15) is 4.34 Å². The lowest BCUT2D eigenvalue weighted by molar-refractivity contribution is 0.674. The summed E-state index contributed by atoms with van der Waals surface area (Å²) in [5.41, 5.74) is 0. The molecule has 0 aromatic carbocycles. The zero-order valence-electron chi connectivity index (χ0n) is 6.60. The second kappa shape index (κ2) is 4.04. The van der Waals surface area contributed by atoms with Gasteiger partial charge >= 0.3 is 0 Å². The molecule has 0 aliphatic heterocycles. The van der Waals surface area contributed by atoms with E-state index in [9.17, 15) is 0 Å². The second-order valence-corrected chi connectivity index (χ2v) is 4.15. The van der Waals surface area contributed by atoms with Crippen LogP contribution in [0.2, 0.25) is 4.34 Å². The highest BCUT2D eigenvalue weighted by atomic mass is 35.5. The largest absolute Gasteiger partial charge is 0.319 e. The summed E-state index contributed by atoms with van der Waals surface area (Å²) in [7, 11) is 1.94. The first kappa shape index (κ1) is 8.97. The van der Waals surface area contributed by atoms with E-state index in [2.05, 4.69) is 17.2 Å².